The van der Waals surface area contributed by atoms with Gasteiger partial charge in [-0.05, 0) is 94.5 Å². The van der Waals surface area contributed by atoms with Gasteiger partial charge in [0, 0.05) is 62.1 Å². The molecule has 2 aliphatic rings. The van der Waals surface area contributed by atoms with Crippen LogP contribution in [-0.4, -0.2) is 95.2 Å². The lowest BCUT2D eigenvalue weighted by Gasteiger charge is -2.35. The SMILES string of the molecule is COc1cc2c(Oc3ccc(NC(=O)c4nn(-c5ccc(F)cc5)cc4OCC4CC4)cc3F)ccnc2cc1OCCCN1CCN(C(=O)OC(C)(C)C)CC1. The molecule has 2 amide bonds. The van der Waals surface area contributed by atoms with Gasteiger partial charge in [-0.3, -0.25) is 14.7 Å². The Balaban J connectivity index is 0.968. The monoisotopic (exact) mass is 784 g/mol. The van der Waals surface area contributed by atoms with Crippen molar-refractivity contribution in [1.29, 1.82) is 0 Å². The number of hydrogen-bond acceptors (Lipinski definition) is 10. The number of aromatic nitrogens is 3. The van der Waals surface area contributed by atoms with Crippen LogP contribution in [-0.2, 0) is 4.74 Å². The van der Waals surface area contributed by atoms with Crippen molar-refractivity contribution in [1.82, 2.24) is 24.6 Å². The summed E-state index contributed by atoms with van der Waals surface area (Å²) in [6.07, 6.45) is 5.73. The van der Waals surface area contributed by atoms with E-state index < -0.39 is 23.1 Å². The molecule has 15 heteroatoms. The van der Waals surface area contributed by atoms with Gasteiger partial charge in [-0.25, -0.2) is 18.3 Å². The maximum absolute atomic E-state index is 15.5. The van der Waals surface area contributed by atoms with Crippen molar-refractivity contribution in [3.63, 3.8) is 0 Å². The van der Waals surface area contributed by atoms with E-state index in [2.05, 4.69) is 20.3 Å². The van der Waals surface area contributed by atoms with Crippen LogP contribution in [0.4, 0.5) is 19.3 Å². The highest BCUT2D eigenvalue weighted by molar-refractivity contribution is 6.04. The maximum atomic E-state index is 15.5. The fraction of sp³-hybridized carbons (Fsp3) is 0.381. The molecule has 0 atom stereocenters. The quantitative estimate of drug-likeness (QED) is 0.111. The van der Waals surface area contributed by atoms with Gasteiger partial charge in [0.1, 0.15) is 17.2 Å². The van der Waals surface area contributed by atoms with E-state index in [0.717, 1.165) is 45.0 Å². The van der Waals surface area contributed by atoms with E-state index in [9.17, 15) is 14.0 Å². The topological polar surface area (TPSA) is 130 Å². The second kappa shape index (κ2) is 17.0. The summed E-state index contributed by atoms with van der Waals surface area (Å²) in [5.41, 5.74) is 0.776. The first-order chi connectivity index (χ1) is 27.4. The summed E-state index contributed by atoms with van der Waals surface area (Å²) < 4.78 is 59.7. The molecular weight excluding hydrogens is 738 g/mol. The molecule has 3 heterocycles. The number of rotatable bonds is 14. The van der Waals surface area contributed by atoms with Gasteiger partial charge in [-0.15, -0.1) is 0 Å². The van der Waals surface area contributed by atoms with Crippen LogP contribution in [0.25, 0.3) is 16.6 Å². The third-order valence-electron chi connectivity index (χ3n) is 9.46. The molecule has 3 aromatic carbocycles. The number of nitrogens with one attached hydrogen (secondary N) is 1. The average Bonchev–Trinajstić information content (AvgIpc) is 3.92. The lowest BCUT2D eigenvalue weighted by atomic mass is 10.1. The van der Waals surface area contributed by atoms with Crippen molar-refractivity contribution in [3.8, 4) is 34.4 Å². The van der Waals surface area contributed by atoms with Crippen molar-refractivity contribution in [2.45, 2.75) is 45.6 Å². The Morgan fingerprint density at radius 1 is 0.877 bits per heavy atom. The highest BCUT2D eigenvalue weighted by atomic mass is 19.1. The molecule has 57 heavy (non-hydrogen) atoms. The zero-order valence-electron chi connectivity index (χ0n) is 32.4. The molecule has 1 N–H and O–H groups in total. The number of amides is 2. The first kappa shape index (κ1) is 39.3. The number of ether oxygens (including phenoxy) is 5. The van der Waals surface area contributed by atoms with Gasteiger partial charge in [0.25, 0.3) is 5.91 Å². The third kappa shape index (κ3) is 10.1. The number of methoxy groups -OCH3 is 1. The molecule has 0 unspecified atom stereocenters. The number of hydrogen-bond donors (Lipinski definition) is 1. The molecule has 2 fully saturated rings. The van der Waals surface area contributed by atoms with Gasteiger partial charge in [0.2, 0.25) is 0 Å². The standard InChI is InChI=1S/C42H46F2N6O7/c1-42(2,3)57-41(52)49-19-17-48(18-20-49)16-5-21-54-37-24-33-31(23-36(37)53-4)34(14-15-45-33)56-35-13-10-29(22-32(35)44)46-40(51)39-38(55-26-27-6-7-27)25-50(47-39)30-11-8-28(43)9-12-30/h8-15,22-25,27H,5-7,16-21,26H2,1-4H3,(H,46,51). The van der Waals surface area contributed by atoms with Gasteiger partial charge in [0.05, 0.1) is 37.7 Å². The second-order valence-corrected chi connectivity index (χ2v) is 15.1. The zero-order valence-corrected chi connectivity index (χ0v) is 32.4. The van der Waals surface area contributed by atoms with E-state index in [1.165, 1.54) is 36.1 Å². The first-order valence-electron chi connectivity index (χ1n) is 19.0. The van der Waals surface area contributed by atoms with Crippen LogP contribution in [0.2, 0.25) is 0 Å². The van der Waals surface area contributed by atoms with E-state index in [1.54, 1.807) is 47.6 Å². The molecule has 13 nitrogen and oxygen atoms in total. The van der Waals surface area contributed by atoms with Crippen LogP contribution in [0.1, 0.15) is 50.5 Å². The molecule has 1 aliphatic carbocycles. The zero-order chi connectivity index (χ0) is 40.1. The predicted molar refractivity (Wildman–Crippen MR) is 209 cm³/mol. The summed E-state index contributed by atoms with van der Waals surface area (Å²) in [5, 5.41) is 7.68. The van der Waals surface area contributed by atoms with Crippen molar-refractivity contribution in [3.05, 3.63) is 90.4 Å². The molecule has 300 valence electrons. The Bertz CT molecular complexity index is 2210. The van der Waals surface area contributed by atoms with Crippen LogP contribution in [0.3, 0.4) is 0 Å². The van der Waals surface area contributed by atoms with E-state index in [0.29, 0.717) is 66.1 Å². The summed E-state index contributed by atoms with van der Waals surface area (Å²) >= 11 is 0. The van der Waals surface area contributed by atoms with Gasteiger partial charge < -0.3 is 33.9 Å². The molecule has 1 aliphatic heterocycles. The summed E-state index contributed by atoms with van der Waals surface area (Å²) in [4.78, 5) is 34.3. The van der Waals surface area contributed by atoms with Crippen LogP contribution in [0, 0.1) is 17.6 Å². The Hall–Kier alpha value is -5.96. The third-order valence-corrected chi connectivity index (χ3v) is 9.46. The molecule has 7 rings (SSSR count). The van der Waals surface area contributed by atoms with Gasteiger partial charge >= 0.3 is 6.09 Å². The Labute approximate surface area is 329 Å². The van der Waals surface area contributed by atoms with Crippen molar-refractivity contribution >= 4 is 28.6 Å². The van der Waals surface area contributed by atoms with E-state index >= 15 is 4.39 Å². The molecule has 0 bridgehead atoms. The summed E-state index contributed by atoms with van der Waals surface area (Å²) in [7, 11) is 1.54. The van der Waals surface area contributed by atoms with E-state index in [1.807, 2.05) is 20.8 Å². The average molecular weight is 785 g/mol. The number of benzene rings is 3. The van der Waals surface area contributed by atoms with E-state index in [4.69, 9.17) is 23.7 Å². The fourth-order valence-corrected chi connectivity index (χ4v) is 6.25. The smallest absolute Gasteiger partial charge is 0.410 e. The van der Waals surface area contributed by atoms with E-state index in [-0.39, 0.29) is 29.0 Å². The number of carbonyl (C=O) groups excluding carboxylic acids is 2. The number of halogens is 2. The van der Waals surface area contributed by atoms with Crippen LogP contribution in [0.15, 0.2) is 73.1 Å². The van der Waals surface area contributed by atoms with Gasteiger partial charge in [-0.2, -0.15) is 5.10 Å². The fourth-order valence-electron chi connectivity index (χ4n) is 6.25. The molecule has 1 saturated heterocycles. The highest BCUT2D eigenvalue weighted by Gasteiger charge is 2.27. The Morgan fingerprint density at radius 2 is 1.65 bits per heavy atom. The number of carbonyl (C=O) groups is 2. The Kier molecular flexibility index (Phi) is 11.7. The lowest BCUT2D eigenvalue weighted by molar-refractivity contribution is 0.0142. The summed E-state index contributed by atoms with van der Waals surface area (Å²) in [6, 6.07) is 14.9. The Morgan fingerprint density at radius 3 is 2.35 bits per heavy atom. The number of nitrogens with zero attached hydrogens (tertiary/aromatic N) is 5. The molecule has 2 aromatic heterocycles. The lowest BCUT2D eigenvalue weighted by Crippen LogP contribution is -2.50. The number of anilines is 1. The van der Waals surface area contributed by atoms with Crippen LogP contribution < -0.4 is 24.3 Å². The van der Waals surface area contributed by atoms with Gasteiger partial charge in [-0.1, -0.05) is 0 Å². The molecule has 5 aromatic rings. The molecule has 0 radical (unpaired) electrons. The van der Waals surface area contributed by atoms with Crippen molar-refractivity contribution in [2.24, 2.45) is 5.92 Å². The largest absolute Gasteiger partial charge is 0.493 e. The van der Waals surface area contributed by atoms with Crippen molar-refractivity contribution in [2.75, 3.05) is 58.4 Å². The number of fused-ring (bicyclic) bond motifs is 1. The van der Waals surface area contributed by atoms with Crippen molar-refractivity contribution < 1.29 is 42.1 Å². The second-order valence-electron chi connectivity index (χ2n) is 15.1. The minimum atomic E-state index is -0.710. The predicted octanol–water partition coefficient (Wildman–Crippen LogP) is 7.86. The summed E-state index contributed by atoms with van der Waals surface area (Å²) in [5.74, 6) is 0.241. The normalized spacial score (nSPS) is 14.7. The minimum absolute atomic E-state index is 0.0106. The first-order valence-corrected chi connectivity index (χ1v) is 19.0. The van der Waals surface area contributed by atoms with Crippen LogP contribution >= 0.6 is 0 Å². The number of pyridine rings is 1. The molecular formula is C42H46F2N6O7. The highest BCUT2D eigenvalue weighted by Crippen LogP contribution is 2.38. The number of piperazine rings is 1. The maximum Gasteiger partial charge on any atom is 0.410 e. The summed E-state index contributed by atoms with van der Waals surface area (Å²) in [6.45, 7) is 10.0. The van der Waals surface area contributed by atoms with Crippen LogP contribution in [0.5, 0.6) is 28.7 Å². The molecule has 1 saturated carbocycles. The van der Waals surface area contributed by atoms with Gasteiger partial charge in [0.15, 0.2) is 34.5 Å². The molecule has 0 spiro atoms. The minimum Gasteiger partial charge on any atom is -0.493 e.